The minimum Gasteiger partial charge on any atom is -0.495 e. The predicted octanol–water partition coefficient (Wildman–Crippen LogP) is 2.02. The molecule has 21 heavy (non-hydrogen) atoms. The van der Waals surface area contributed by atoms with Crippen LogP contribution in [0.15, 0.2) is 18.2 Å². The van der Waals surface area contributed by atoms with E-state index in [1.54, 1.807) is 25.3 Å². The summed E-state index contributed by atoms with van der Waals surface area (Å²) in [4.78, 5) is 11.4. The SMILES string of the molecule is COc1ccc(C(N)=O)cc1NC1C2CCOC2C1(C)C. The van der Waals surface area contributed by atoms with Gasteiger partial charge in [0, 0.05) is 29.5 Å². The molecule has 3 N–H and O–H groups in total. The average molecular weight is 290 g/mol. The Morgan fingerprint density at radius 2 is 2.24 bits per heavy atom. The van der Waals surface area contributed by atoms with Gasteiger partial charge in [-0.15, -0.1) is 0 Å². The van der Waals surface area contributed by atoms with Gasteiger partial charge in [0.15, 0.2) is 0 Å². The zero-order chi connectivity index (χ0) is 15.2. The number of carbonyl (C=O) groups is 1. The summed E-state index contributed by atoms with van der Waals surface area (Å²) in [6.07, 6.45) is 1.39. The first-order chi connectivity index (χ1) is 9.95. The Balaban J connectivity index is 1.87. The van der Waals surface area contributed by atoms with Gasteiger partial charge in [0.1, 0.15) is 5.75 Å². The Labute approximate surface area is 124 Å². The Morgan fingerprint density at radius 3 is 2.90 bits per heavy atom. The molecule has 0 spiro atoms. The minimum atomic E-state index is -0.435. The van der Waals surface area contributed by atoms with Gasteiger partial charge in [0.2, 0.25) is 5.91 Å². The number of benzene rings is 1. The van der Waals surface area contributed by atoms with E-state index in [1.165, 1.54) is 0 Å². The highest BCUT2D eigenvalue weighted by Crippen LogP contribution is 2.53. The monoisotopic (exact) mass is 290 g/mol. The molecule has 2 fully saturated rings. The summed E-state index contributed by atoms with van der Waals surface area (Å²) < 4.78 is 11.2. The van der Waals surface area contributed by atoms with Crippen molar-refractivity contribution in [2.45, 2.75) is 32.4 Å². The highest BCUT2D eigenvalue weighted by atomic mass is 16.5. The third-order valence-electron chi connectivity index (χ3n) is 4.90. The second-order valence-electron chi connectivity index (χ2n) is 6.47. The lowest BCUT2D eigenvalue weighted by atomic mass is 9.57. The van der Waals surface area contributed by atoms with Crippen molar-refractivity contribution in [2.24, 2.45) is 17.1 Å². The van der Waals surface area contributed by atoms with Gasteiger partial charge in [0.05, 0.1) is 18.9 Å². The molecule has 1 aliphatic heterocycles. The lowest BCUT2D eigenvalue weighted by Gasteiger charge is -2.55. The molecule has 114 valence electrons. The van der Waals surface area contributed by atoms with Crippen LogP contribution in [0.5, 0.6) is 5.75 Å². The van der Waals surface area contributed by atoms with Crippen LogP contribution in [0.4, 0.5) is 5.69 Å². The third-order valence-corrected chi connectivity index (χ3v) is 4.90. The molecular weight excluding hydrogens is 268 g/mol. The van der Waals surface area contributed by atoms with Gasteiger partial charge in [-0.3, -0.25) is 4.79 Å². The fourth-order valence-electron chi connectivity index (χ4n) is 3.76. The smallest absolute Gasteiger partial charge is 0.248 e. The van der Waals surface area contributed by atoms with Crippen molar-refractivity contribution in [1.82, 2.24) is 0 Å². The number of hydrogen-bond acceptors (Lipinski definition) is 4. The zero-order valence-electron chi connectivity index (χ0n) is 12.7. The number of methoxy groups -OCH3 is 1. The highest BCUT2D eigenvalue weighted by molar-refractivity contribution is 5.94. The molecule has 1 saturated heterocycles. The summed E-state index contributed by atoms with van der Waals surface area (Å²) >= 11 is 0. The second-order valence-corrected chi connectivity index (χ2v) is 6.47. The molecule has 3 atom stereocenters. The van der Waals surface area contributed by atoms with E-state index in [2.05, 4.69) is 19.2 Å². The molecule has 0 aromatic heterocycles. The van der Waals surface area contributed by atoms with E-state index in [0.717, 1.165) is 24.5 Å². The van der Waals surface area contributed by atoms with Crippen molar-refractivity contribution >= 4 is 11.6 Å². The summed E-state index contributed by atoms with van der Waals surface area (Å²) in [5.41, 5.74) is 6.73. The van der Waals surface area contributed by atoms with Crippen LogP contribution in [-0.4, -0.2) is 31.8 Å². The van der Waals surface area contributed by atoms with Gasteiger partial charge in [0.25, 0.3) is 0 Å². The number of rotatable bonds is 4. The summed E-state index contributed by atoms with van der Waals surface area (Å²) in [5, 5.41) is 3.54. The van der Waals surface area contributed by atoms with E-state index in [4.69, 9.17) is 15.2 Å². The molecule has 1 aromatic rings. The van der Waals surface area contributed by atoms with Crippen molar-refractivity contribution in [3.63, 3.8) is 0 Å². The first-order valence-corrected chi connectivity index (χ1v) is 7.31. The zero-order valence-corrected chi connectivity index (χ0v) is 12.7. The maximum Gasteiger partial charge on any atom is 0.248 e. The van der Waals surface area contributed by atoms with Crippen LogP contribution in [0.3, 0.4) is 0 Å². The molecule has 1 aromatic carbocycles. The van der Waals surface area contributed by atoms with Crippen LogP contribution in [0.1, 0.15) is 30.6 Å². The van der Waals surface area contributed by atoms with Crippen LogP contribution < -0.4 is 15.8 Å². The maximum atomic E-state index is 11.4. The summed E-state index contributed by atoms with van der Waals surface area (Å²) in [7, 11) is 1.62. The van der Waals surface area contributed by atoms with Gasteiger partial charge in [-0.2, -0.15) is 0 Å². The normalized spacial score (nSPS) is 29.4. The second kappa shape index (κ2) is 4.91. The van der Waals surface area contributed by atoms with Crippen molar-refractivity contribution < 1.29 is 14.3 Å². The molecule has 1 amide bonds. The molecule has 5 heteroatoms. The van der Waals surface area contributed by atoms with Gasteiger partial charge in [-0.1, -0.05) is 13.8 Å². The van der Waals surface area contributed by atoms with E-state index in [1.807, 2.05) is 0 Å². The molecule has 1 aliphatic carbocycles. The van der Waals surface area contributed by atoms with E-state index in [-0.39, 0.29) is 5.41 Å². The molecule has 1 saturated carbocycles. The topological polar surface area (TPSA) is 73.6 Å². The quantitative estimate of drug-likeness (QED) is 0.889. The predicted molar refractivity (Wildman–Crippen MR) is 80.6 cm³/mol. The number of nitrogens with one attached hydrogen (secondary N) is 1. The molecule has 3 unspecified atom stereocenters. The van der Waals surface area contributed by atoms with Gasteiger partial charge >= 0.3 is 0 Å². The van der Waals surface area contributed by atoms with Gasteiger partial charge in [-0.05, 0) is 24.6 Å². The Morgan fingerprint density at radius 1 is 1.48 bits per heavy atom. The fraction of sp³-hybridized carbons (Fsp3) is 0.562. The molecular formula is C16H22N2O3. The average Bonchev–Trinajstić information content (AvgIpc) is 2.91. The van der Waals surface area contributed by atoms with E-state index in [9.17, 15) is 4.79 Å². The Bertz CT molecular complexity index is 571. The van der Waals surface area contributed by atoms with Crippen LogP contribution in [0.25, 0.3) is 0 Å². The minimum absolute atomic E-state index is 0.0644. The number of carbonyl (C=O) groups excluding carboxylic acids is 1. The first-order valence-electron chi connectivity index (χ1n) is 7.31. The fourth-order valence-corrected chi connectivity index (χ4v) is 3.76. The molecule has 2 aliphatic rings. The lowest BCUT2D eigenvalue weighted by Crippen LogP contribution is -2.63. The highest BCUT2D eigenvalue weighted by Gasteiger charge is 2.59. The van der Waals surface area contributed by atoms with Crippen LogP contribution in [0.2, 0.25) is 0 Å². The first kappa shape index (κ1) is 14.2. The molecule has 0 bridgehead atoms. The summed E-state index contributed by atoms with van der Waals surface area (Å²) in [5.74, 6) is 0.802. The molecule has 1 heterocycles. The van der Waals surface area contributed by atoms with E-state index >= 15 is 0 Å². The molecule has 3 rings (SSSR count). The van der Waals surface area contributed by atoms with Crippen LogP contribution >= 0.6 is 0 Å². The summed E-state index contributed by atoms with van der Waals surface area (Å²) in [6.45, 7) is 5.25. The number of fused-ring (bicyclic) bond motifs is 1. The standard InChI is InChI=1S/C16H22N2O3/c1-16(2)13(10-6-7-21-14(10)16)18-11-8-9(15(17)19)4-5-12(11)20-3/h4-5,8,10,13-14,18H,6-7H2,1-3H3,(H2,17,19). The molecule has 5 nitrogen and oxygen atoms in total. The van der Waals surface area contributed by atoms with E-state index < -0.39 is 5.91 Å². The van der Waals surface area contributed by atoms with Crippen molar-refractivity contribution in [3.05, 3.63) is 23.8 Å². The number of amides is 1. The van der Waals surface area contributed by atoms with Crippen LogP contribution in [0, 0.1) is 11.3 Å². The van der Waals surface area contributed by atoms with Crippen molar-refractivity contribution in [2.75, 3.05) is 19.0 Å². The lowest BCUT2D eigenvalue weighted by molar-refractivity contribution is -0.0923. The summed E-state index contributed by atoms with van der Waals surface area (Å²) in [6, 6.07) is 5.53. The number of ether oxygens (including phenoxy) is 2. The molecule has 0 radical (unpaired) electrons. The largest absolute Gasteiger partial charge is 0.495 e. The third kappa shape index (κ3) is 2.16. The van der Waals surface area contributed by atoms with E-state index in [0.29, 0.717) is 23.6 Å². The van der Waals surface area contributed by atoms with Gasteiger partial charge in [-0.25, -0.2) is 0 Å². The Hall–Kier alpha value is -1.75. The number of nitrogens with two attached hydrogens (primary N) is 1. The van der Waals surface area contributed by atoms with Crippen molar-refractivity contribution in [3.8, 4) is 5.75 Å². The number of hydrogen-bond donors (Lipinski definition) is 2. The van der Waals surface area contributed by atoms with Crippen LogP contribution in [-0.2, 0) is 4.74 Å². The van der Waals surface area contributed by atoms with Crippen molar-refractivity contribution in [1.29, 1.82) is 0 Å². The van der Waals surface area contributed by atoms with Gasteiger partial charge < -0.3 is 20.5 Å². The maximum absolute atomic E-state index is 11.4. The number of anilines is 1. The number of primary amides is 1. The Kier molecular flexibility index (Phi) is 3.32.